The van der Waals surface area contributed by atoms with E-state index < -0.39 is 0 Å². The lowest BCUT2D eigenvalue weighted by molar-refractivity contribution is 1.18. The summed E-state index contributed by atoms with van der Waals surface area (Å²) in [7, 11) is 0. The van der Waals surface area contributed by atoms with Crippen molar-refractivity contribution in [1.82, 2.24) is 4.40 Å². The van der Waals surface area contributed by atoms with Gasteiger partial charge < -0.3 is 0 Å². The van der Waals surface area contributed by atoms with E-state index in [4.69, 9.17) is 0 Å². The fourth-order valence-electron chi connectivity index (χ4n) is 2.96. The van der Waals surface area contributed by atoms with Gasteiger partial charge in [0.1, 0.15) is 0 Å². The van der Waals surface area contributed by atoms with Crippen molar-refractivity contribution in [3.8, 4) is 0 Å². The maximum atomic E-state index is 12.4. The fourth-order valence-corrected chi connectivity index (χ4v) is 3.41. The molecule has 0 atom stereocenters. The van der Waals surface area contributed by atoms with Crippen LogP contribution < -0.4 is 5.56 Å². The normalized spacial score (nSPS) is 11.7. The first kappa shape index (κ1) is 11.7. The first-order valence-electron chi connectivity index (χ1n) is 6.32. The van der Waals surface area contributed by atoms with Gasteiger partial charge in [-0.3, -0.25) is 9.20 Å². The summed E-state index contributed by atoms with van der Waals surface area (Å²) in [6.07, 6.45) is 1.74. The molecule has 0 amide bonds. The van der Waals surface area contributed by atoms with Crippen LogP contribution in [-0.2, 0) is 0 Å². The molecular formula is C17H10BrNO. The average molecular weight is 324 g/mol. The standard InChI is InChI=1S/C17H10BrNO/c1-2-10-7-16(20)19-15-6-4-3-5-12(15)14-9-11(18)8-13(10)17(14)19/h2-9H,1H2. The lowest BCUT2D eigenvalue weighted by Gasteiger charge is -2.05. The molecule has 3 heteroatoms. The zero-order valence-corrected chi connectivity index (χ0v) is 12.1. The van der Waals surface area contributed by atoms with E-state index in [-0.39, 0.29) is 5.56 Å². The summed E-state index contributed by atoms with van der Waals surface area (Å²) in [4.78, 5) is 12.4. The number of halogens is 1. The van der Waals surface area contributed by atoms with Gasteiger partial charge in [0, 0.05) is 26.7 Å². The van der Waals surface area contributed by atoms with Crippen LogP contribution in [0.3, 0.4) is 0 Å². The SMILES string of the molecule is C=Cc1cc(=O)n2c3ccccc3c3cc(Br)cc1c32. The molecule has 0 aliphatic rings. The van der Waals surface area contributed by atoms with Crippen molar-refractivity contribution in [2.24, 2.45) is 0 Å². The Bertz CT molecular complexity index is 1050. The summed E-state index contributed by atoms with van der Waals surface area (Å²) in [5, 5.41) is 3.23. The molecule has 2 aromatic heterocycles. The number of hydrogen-bond donors (Lipinski definition) is 0. The molecule has 0 aliphatic heterocycles. The lowest BCUT2D eigenvalue weighted by Crippen LogP contribution is -2.11. The van der Waals surface area contributed by atoms with E-state index >= 15 is 0 Å². The first-order chi connectivity index (χ1) is 9.70. The van der Waals surface area contributed by atoms with Crippen molar-refractivity contribution < 1.29 is 0 Å². The van der Waals surface area contributed by atoms with Gasteiger partial charge in [-0.15, -0.1) is 0 Å². The Hall–Kier alpha value is -2.13. The van der Waals surface area contributed by atoms with Crippen LogP contribution in [0.2, 0.25) is 0 Å². The van der Waals surface area contributed by atoms with Crippen molar-refractivity contribution in [1.29, 1.82) is 0 Å². The van der Waals surface area contributed by atoms with E-state index in [0.29, 0.717) is 0 Å². The highest BCUT2D eigenvalue weighted by atomic mass is 79.9. The summed E-state index contributed by atoms with van der Waals surface area (Å²) in [6.45, 7) is 3.82. The fraction of sp³-hybridized carbons (Fsp3) is 0. The van der Waals surface area contributed by atoms with Crippen LogP contribution in [0.15, 0.2) is 58.3 Å². The second-order valence-corrected chi connectivity index (χ2v) is 5.76. The highest BCUT2D eigenvalue weighted by Gasteiger charge is 2.15. The molecule has 4 aromatic rings. The predicted molar refractivity (Wildman–Crippen MR) is 87.7 cm³/mol. The summed E-state index contributed by atoms with van der Waals surface area (Å²) in [5.74, 6) is 0. The van der Waals surface area contributed by atoms with E-state index in [9.17, 15) is 4.79 Å². The molecule has 4 rings (SSSR count). The van der Waals surface area contributed by atoms with E-state index in [1.165, 1.54) is 0 Å². The van der Waals surface area contributed by atoms with Crippen molar-refractivity contribution in [3.05, 3.63) is 69.4 Å². The molecule has 96 valence electrons. The maximum Gasteiger partial charge on any atom is 0.256 e. The van der Waals surface area contributed by atoms with Gasteiger partial charge in [0.25, 0.3) is 5.56 Å². The second kappa shape index (κ2) is 3.93. The number of aromatic nitrogens is 1. The molecular weight excluding hydrogens is 314 g/mol. The third-order valence-electron chi connectivity index (χ3n) is 3.76. The van der Waals surface area contributed by atoms with Crippen LogP contribution in [-0.4, -0.2) is 4.40 Å². The summed E-state index contributed by atoms with van der Waals surface area (Å²) >= 11 is 3.56. The second-order valence-electron chi connectivity index (χ2n) is 4.84. The molecule has 0 saturated heterocycles. The van der Waals surface area contributed by atoms with Gasteiger partial charge >= 0.3 is 0 Å². The van der Waals surface area contributed by atoms with Gasteiger partial charge in [-0.25, -0.2) is 0 Å². The van der Waals surface area contributed by atoms with E-state index in [1.807, 2.05) is 24.3 Å². The van der Waals surface area contributed by atoms with E-state index in [1.54, 1.807) is 16.5 Å². The molecule has 0 unspecified atom stereocenters. The van der Waals surface area contributed by atoms with Crippen LogP contribution in [0, 0.1) is 0 Å². The minimum absolute atomic E-state index is 0.0130. The molecule has 0 radical (unpaired) electrons. The summed E-state index contributed by atoms with van der Waals surface area (Å²) in [6, 6.07) is 13.7. The monoisotopic (exact) mass is 323 g/mol. The molecule has 20 heavy (non-hydrogen) atoms. The van der Waals surface area contributed by atoms with Gasteiger partial charge in [0.2, 0.25) is 0 Å². The number of benzene rings is 2. The highest BCUT2D eigenvalue weighted by molar-refractivity contribution is 9.10. The van der Waals surface area contributed by atoms with Crippen LogP contribution in [0.25, 0.3) is 33.3 Å². The first-order valence-corrected chi connectivity index (χ1v) is 7.11. The quantitative estimate of drug-likeness (QED) is 0.507. The zero-order valence-electron chi connectivity index (χ0n) is 10.6. The molecule has 0 bridgehead atoms. The maximum absolute atomic E-state index is 12.4. The Morgan fingerprint density at radius 1 is 1.05 bits per heavy atom. The Kier molecular flexibility index (Phi) is 2.30. The number of rotatable bonds is 1. The van der Waals surface area contributed by atoms with Crippen molar-refractivity contribution in [2.45, 2.75) is 0 Å². The summed E-state index contributed by atoms with van der Waals surface area (Å²) in [5.41, 5.74) is 2.78. The van der Waals surface area contributed by atoms with Crippen molar-refractivity contribution >= 4 is 49.2 Å². The summed E-state index contributed by atoms with van der Waals surface area (Å²) < 4.78 is 2.80. The molecule has 0 fully saturated rings. The Morgan fingerprint density at radius 2 is 1.80 bits per heavy atom. The minimum Gasteiger partial charge on any atom is -0.276 e. The molecule has 2 aromatic carbocycles. The third kappa shape index (κ3) is 1.36. The number of pyridine rings is 1. The molecule has 2 heterocycles. The largest absolute Gasteiger partial charge is 0.276 e. The van der Waals surface area contributed by atoms with Gasteiger partial charge in [-0.2, -0.15) is 0 Å². The number of hydrogen-bond acceptors (Lipinski definition) is 1. The molecule has 2 nitrogen and oxygen atoms in total. The number of fused-ring (bicyclic) bond motifs is 3. The van der Waals surface area contributed by atoms with Gasteiger partial charge in [-0.05, 0) is 23.8 Å². The molecule has 0 N–H and O–H groups in total. The van der Waals surface area contributed by atoms with Gasteiger partial charge in [0.05, 0.1) is 11.0 Å². The van der Waals surface area contributed by atoms with Gasteiger partial charge in [-0.1, -0.05) is 46.8 Å². The average Bonchev–Trinajstić information content (AvgIpc) is 2.78. The molecule has 0 aliphatic carbocycles. The van der Waals surface area contributed by atoms with Crippen molar-refractivity contribution in [2.75, 3.05) is 0 Å². The van der Waals surface area contributed by atoms with Crippen LogP contribution >= 0.6 is 15.9 Å². The number of nitrogens with zero attached hydrogens (tertiary/aromatic N) is 1. The van der Waals surface area contributed by atoms with Crippen molar-refractivity contribution in [3.63, 3.8) is 0 Å². The third-order valence-corrected chi connectivity index (χ3v) is 4.22. The van der Waals surface area contributed by atoms with E-state index in [0.717, 1.165) is 37.2 Å². The van der Waals surface area contributed by atoms with Crippen LogP contribution in [0.5, 0.6) is 0 Å². The minimum atomic E-state index is -0.0130. The van der Waals surface area contributed by atoms with Crippen LogP contribution in [0.4, 0.5) is 0 Å². The number of para-hydroxylation sites is 1. The molecule has 0 saturated carbocycles. The van der Waals surface area contributed by atoms with E-state index in [2.05, 4.69) is 34.6 Å². The molecule has 0 spiro atoms. The Morgan fingerprint density at radius 3 is 2.60 bits per heavy atom. The lowest BCUT2D eigenvalue weighted by atomic mass is 10.1. The smallest absolute Gasteiger partial charge is 0.256 e. The zero-order chi connectivity index (χ0) is 13.9. The highest BCUT2D eigenvalue weighted by Crippen LogP contribution is 2.34. The predicted octanol–water partition coefficient (Wildman–Crippen LogP) is 4.45. The topological polar surface area (TPSA) is 21.5 Å². The van der Waals surface area contributed by atoms with Crippen LogP contribution in [0.1, 0.15) is 5.56 Å². The Balaban J connectivity index is 2.50. The van der Waals surface area contributed by atoms with Gasteiger partial charge in [0.15, 0.2) is 0 Å². The Labute approximate surface area is 123 Å².